The standard InChI is InChI=1S/C8H7NO.H3P/c1-2-4-8-7(3-1)5-6-9-10-8;/h1-6,9H;1H3. The molecular weight excluding hydrogens is 157 g/mol. The van der Waals surface area contributed by atoms with Crippen LogP contribution in [0.3, 0.4) is 0 Å². The Kier molecular flexibility index (Phi) is 2.50. The Bertz CT molecular complexity index is 273. The first-order valence-corrected chi connectivity index (χ1v) is 3.15. The minimum absolute atomic E-state index is 0. The molecule has 0 saturated heterocycles. The van der Waals surface area contributed by atoms with Crippen LogP contribution in [0.1, 0.15) is 5.56 Å². The molecule has 0 fully saturated rings. The van der Waals surface area contributed by atoms with Crippen LogP contribution < -0.4 is 10.3 Å². The monoisotopic (exact) mass is 167 g/mol. The molecular formula is C8H10NOP. The van der Waals surface area contributed by atoms with E-state index >= 15 is 0 Å². The molecule has 2 nitrogen and oxygen atoms in total. The number of hydrogen-bond acceptors (Lipinski definition) is 2. The van der Waals surface area contributed by atoms with Gasteiger partial charge in [-0.3, -0.25) is 0 Å². The van der Waals surface area contributed by atoms with Gasteiger partial charge >= 0.3 is 0 Å². The predicted molar refractivity (Wildman–Crippen MR) is 50.3 cm³/mol. The minimum Gasteiger partial charge on any atom is -0.382 e. The third-order valence-corrected chi connectivity index (χ3v) is 1.42. The number of para-hydroxylation sites is 1. The third-order valence-electron chi connectivity index (χ3n) is 1.42. The van der Waals surface area contributed by atoms with E-state index in [0.29, 0.717) is 0 Å². The number of rotatable bonds is 0. The van der Waals surface area contributed by atoms with Crippen molar-refractivity contribution in [3.8, 4) is 5.75 Å². The lowest BCUT2D eigenvalue weighted by molar-refractivity contribution is 0.239. The number of fused-ring (bicyclic) bond motifs is 1. The summed E-state index contributed by atoms with van der Waals surface area (Å²) in [4.78, 5) is 5.09. The Morgan fingerprint density at radius 2 is 2.00 bits per heavy atom. The van der Waals surface area contributed by atoms with E-state index in [0.717, 1.165) is 11.3 Å². The van der Waals surface area contributed by atoms with Crippen molar-refractivity contribution in [3.05, 3.63) is 36.0 Å². The van der Waals surface area contributed by atoms with Gasteiger partial charge in [-0.1, -0.05) is 18.2 Å². The number of hydroxylamine groups is 1. The van der Waals surface area contributed by atoms with E-state index in [9.17, 15) is 0 Å². The minimum atomic E-state index is 0. The van der Waals surface area contributed by atoms with Gasteiger partial charge < -0.3 is 4.84 Å². The molecule has 1 heterocycles. The zero-order valence-electron chi connectivity index (χ0n) is 6.08. The molecule has 1 aliphatic rings. The van der Waals surface area contributed by atoms with Crippen molar-refractivity contribution in [1.82, 2.24) is 5.48 Å². The van der Waals surface area contributed by atoms with Gasteiger partial charge in [0.15, 0.2) is 5.75 Å². The predicted octanol–water partition coefficient (Wildman–Crippen LogP) is 1.61. The van der Waals surface area contributed by atoms with E-state index in [1.807, 2.05) is 30.3 Å². The van der Waals surface area contributed by atoms with Crippen LogP contribution >= 0.6 is 9.90 Å². The Morgan fingerprint density at radius 1 is 1.18 bits per heavy atom. The van der Waals surface area contributed by atoms with E-state index < -0.39 is 0 Å². The fraction of sp³-hybridized carbons (Fsp3) is 0. The lowest BCUT2D eigenvalue weighted by atomic mass is 10.2. The maximum absolute atomic E-state index is 5.09. The highest BCUT2D eigenvalue weighted by Crippen LogP contribution is 2.20. The van der Waals surface area contributed by atoms with Crippen molar-refractivity contribution >= 4 is 16.0 Å². The van der Waals surface area contributed by atoms with Crippen LogP contribution in [-0.4, -0.2) is 0 Å². The lowest BCUT2D eigenvalue weighted by Gasteiger charge is -2.11. The Labute approximate surface area is 68.8 Å². The first kappa shape index (κ1) is 8.09. The molecule has 0 saturated carbocycles. The van der Waals surface area contributed by atoms with Crippen molar-refractivity contribution in [1.29, 1.82) is 0 Å². The van der Waals surface area contributed by atoms with Crippen LogP contribution in [0.25, 0.3) is 6.08 Å². The van der Waals surface area contributed by atoms with Crippen molar-refractivity contribution in [2.75, 3.05) is 0 Å². The number of benzene rings is 1. The second-order valence-electron chi connectivity index (χ2n) is 2.09. The summed E-state index contributed by atoms with van der Waals surface area (Å²) in [6.45, 7) is 0. The smallest absolute Gasteiger partial charge is 0.162 e. The molecule has 11 heavy (non-hydrogen) atoms. The summed E-state index contributed by atoms with van der Waals surface area (Å²) in [6.07, 6.45) is 3.74. The lowest BCUT2D eigenvalue weighted by Crippen LogP contribution is -2.13. The van der Waals surface area contributed by atoms with Crippen LogP contribution in [0, 0.1) is 0 Å². The van der Waals surface area contributed by atoms with Crippen LogP contribution in [0.5, 0.6) is 5.75 Å². The molecule has 3 heteroatoms. The highest BCUT2D eigenvalue weighted by molar-refractivity contribution is 6.92. The van der Waals surface area contributed by atoms with Gasteiger partial charge in [0.25, 0.3) is 0 Å². The SMILES string of the molecule is C1=Cc2ccccc2ON1.P. The van der Waals surface area contributed by atoms with Gasteiger partial charge in [0.2, 0.25) is 0 Å². The topological polar surface area (TPSA) is 21.3 Å². The molecule has 1 N–H and O–H groups in total. The first-order chi connectivity index (χ1) is 4.97. The van der Waals surface area contributed by atoms with Crippen LogP contribution in [0.2, 0.25) is 0 Å². The molecule has 58 valence electrons. The molecule has 1 aliphatic heterocycles. The van der Waals surface area contributed by atoms with E-state index in [1.165, 1.54) is 0 Å². The average Bonchev–Trinajstić information content (AvgIpc) is 2.05. The fourth-order valence-corrected chi connectivity index (χ4v) is 0.932. The second-order valence-corrected chi connectivity index (χ2v) is 2.09. The quantitative estimate of drug-likeness (QED) is 0.593. The van der Waals surface area contributed by atoms with Gasteiger partial charge in [0.1, 0.15) is 0 Å². The molecule has 0 amide bonds. The number of hydrogen-bond donors (Lipinski definition) is 1. The van der Waals surface area contributed by atoms with E-state index in [2.05, 4.69) is 5.48 Å². The van der Waals surface area contributed by atoms with Crippen LogP contribution in [-0.2, 0) is 0 Å². The molecule has 0 radical (unpaired) electrons. The van der Waals surface area contributed by atoms with Gasteiger partial charge in [0.05, 0.1) is 0 Å². The molecule has 0 spiro atoms. The van der Waals surface area contributed by atoms with Gasteiger partial charge in [-0.25, -0.2) is 5.48 Å². The zero-order valence-corrected chi connectivity index (χ0v) is 7.49. The molecule has 1 unspecified atom stereocenters. The van der Waals surface area contributed by atoms with Crippen molar-refractivity contribution in [2.24, 2.45) is 0 Å². The normalized spacial score (nSPS) is 12.0. The van der Waals surface area contributed by atoms with Gasteiger partial charge in [-0.2, -0.15) is 9.90 Å². The van der Waals surface area contributed by atoms with E-state index in [4.69, 9.17) is 4.84 Å². The van der Waals surface area contributed by atoms with Crippen molar-refractivity contribution in [2.45, 2.75) is 0 Å². The van der Waals surface area contributed by atoms with Crippen LogP contribution in [0.4, 0.5) is 0 Å². The Balaban J connectivity index is 0.000000605. The summed E-state index contributed by atoms with van der Waals surface area (Å²) in [6, 6.07) is 7.86. The summed E-state index contributed by atoms with van der Waals surface area (Å²) < 4.78 is 0. The molecule has 2 rings (SSSR count). The first-order valence-electron chi connectivity index (χ1n) is 3.15. The maximum atomic E-state index is 5.09. The van der Waals surface area contributed by atoms with E-state index in [1.54, 1.807) is 6.20 Å². The summed E-state index contributed by atoms with van der Waals surface area (Å²) in [5, 5.41) is 0. The highest BCUT2D eigenvalue weighted by Gasteiger charge is 2.01. The highest BCUT2D eigenvalue weighted by atomic mass is 31.0. The zero-order chi connectivity index (χ0) is 6.81. The van der Waals surface area contributed by atoms with Crippen LogP contribution in [0.15, 0.2) is 30.5 Å². The third kappa shape index (κ3) is 1.52. The summed E-state index contributed by atoms with van der Waals surface area (Å²) in [7, 11) is 0. The number of nitrogens with one attached hydrogen (secondary N) is 1. The fourth-order valence-electron chi connectivity index (χ4n) is 0.932. The summed E-state index contributed by atoms with van der Waals surface area (Å²) >= 11 is 0. The summed E-state index contributed by atoms with van der Waals surface area (Å²) in [5.41, 5.74) is 3.77. The Morgan fingerprint density at radius 3 is 2.82 bits per heavy atom. The molecule has 1 aromatic carbocycles. The summed E-state index contributed by atoms with van der Waals surface area (Å²) in [5.74, 6) is 0.880. The molecule has 0 aromatic heterocycles. The second kappa shape index (κ2) is 3.40. The molecule has 1 aromatic rings. The Hall–Kier alpha value is -1.01. The van der Waals surface area contributed by atoms with Crippen molar-refractivity contribution in [3.63, 3.8) is 0 Å². The van der Waals surface area contributed by atoms with Gasteiger partial charge in [0, 0.05) is 11.8 Å². The van der Waals surface area contributed by atoms with E-state index in [-0.39, 0.29) is 9.90 Å². The molecule has 0 bridgehead atoms. The largest absolute Gasteiger partial charge is 0.382 e. The van der Waals surface area contributed by atoms with Crippen molar-refractivity contribution < 1.29 is 4.84 Å². The van der Waals surface area contributed by atoms with Gasteiger partial charge in [-0.05, 0) is 12.1 Å². The van der Waals surface area contributed by atoms with Gasteiger partial charge in [-0.15, -0.1) is 0 Å². The molecule has 1 atom stereocenters. The molecule has 0 aliphatic carbocycles. The maximum Gasteiger partial charge on any atom is 0.162 e. The average molecular weight is 167 g/mol.